The number of thioether (sulfide) groups is 1. The fourth-order valence-electron chi connectivity index (χ4n) is 1.91. The lowest BCUT2D eigenvalue weighted by Crippen LogP contribution is -2.14. The highest BCUT2D eigenvalue weighted by molar-refractivity contribution is 9.10. The van der Waals surface area contributed by atoms with Crippen molar-refractivity contribution >= 4 is 62.5 Å². The first-order valence-corrected chi connectivity index (χ1v) is 9.52. The van der Waals surface area contributed by atoms with Crippen LogP contribution in [0.4, 0.5) is 5.69 Å². The fraction of sp³-hybridized carbons (Fsp3) is 0.0625. The minimum Gasteiger partial charge on any atom is -0.411 e. The first-order valence-electron chi connectivity index (χ1n) is 6.98. The Balaban J connectivity index is 1.59. The molecule has 5 nitrogen and oxygen atoms in total. The Hall–Kier alpha value is -1.54. The number of nitrogens with one attached hydrogen (secondary N) is 1. The molecule has 0 aliphatic carbocycles. The number of benzene rings is 2. The van der Waals surface area contributed by atoms with Gasteiger partial charge in [-0.2, -0.15) is 0 Å². The number of anilines is 1. The molecule has 0 atom stereocenters. The zero-order chi connectivity index (χ0) is 17.8. The van der Waals surface area contributed by atoms with E-state index >= 15 is 0 Å². The first kappa shape index (κ1) is 18.3. The summed E-state index contributed by atoms with van der Waals surface area (Å²) in [5.74, 6) is 0.264. The van der Waals surface area contributed by atoms with Crippen LogP contribution in [0, 0.1) is 0 Å². The van der Waals surface area contributed by atoms with Crippen molar-refractivity contribution in [1.82, 2.24) is 10.2 Å². The van der Waals surface area contributed by atoms with E-state index in [4.69, 9.17) is 27.6 Å². The molecule has 0 radical (unpaired) electrons. The quantitative estimate of drug-likeness (QED) is 0.508. The van der Waals surface area contributed by atoms with Gasteiger partial charge in [-0.05, 0) is 36.4 Å². The highest BCUT2D eigenvalue weighted by Gasteiger charge is 2.12. The van der Waals surface area contributed by atoms with Crippen LogP contribution >= 0.6 is 50.9 Å². The van der Waals surface area contributed by atoms with Gasteiger partial charge >= 0.3 is 0 Å². The van der Waals surface area contributed by atoms with E-state index < -0.39 is 0 Å². The molecule has 1 heterocycles. The summed E-state index contributed by atoms with van der Waals surface area (Å²) in [5, 5.41) is 11.8. The number of aromatic nitrogens is 2. The number of hydrogen-bond donors (Lipinski definition) is 1. The Bertz CT molecular complexity index is 920. The summed E-state index contributed by atoms with van der Waals surface area (Å²) in [4.78, 5) is 12.0. The monoisotopic (exact) mass is 457 g/mol. The van der Waals surface area contributed by atoms with E-state index in [1.165, 1.54) is 0 Å². The second-order valence-electron chi connectivity index (χ2n) is 4.84. The van der Waals surface area contributed by atoms with Gasteiger partial charge in [0.2, 0.25) is 11.8 Å². The van der Waals surface area contributed by atoms with Gasteiger partial charge in [0.25, 0.3) is 5.22 Å². The Morgan fingerprint density at radius 1 is 1.20 bits per heavy atom. The minimum atomic E-state index is -0.239. The molecule has 3 aromatic rings. The Morgan fingerprint density at radius 3 is 2.80 bits per heavy atom. The van der Waals surface area contributed by atoms with Gasteiger partial charge < -0.3 is 9.73 Å². The van der Waals surface area contributed by atoms with Crippen molar-refractivity contribution in [2.24, 2.45) is 0 Å². The van der Waals surface area contributed by atoms with Crippen LogP contribution in [0.2, 0.25) is 10.0 Å². The summed E-state index contributed by atoms with van der Waals surface area (Å²) in [7, 11) is 0. The number of carbonyl (C=O) groups excluding carboxylic acids is 1. The second kappa shape index (κ2) is 8.23. The Labute approximate surface area is 166 Å². The van der Waals surface area contributed by atoms with Crippen LogP contribution in [0.25, 0.3) is 11.5 Å². The molecule has 128 valence electrons. The third-order valence-corrected chi connectivity index (χ3v) is 4.87. The van der Waals surface area contributed by atoms with Gasteiger partial charge in [0.05, 0.1) is 16.5 Å². The molecule has 1 N–H and O–H groups in total. The molecule has 0 saturated heterocycles. The average Bonchev–Trinajstić information content (AvgIpc) is 3.05. The van der Waals surface area contributed by atoms with Gasteiger partial charge in [-0.1, -0.05) is 57.0 Å². The van der Waals surface area contributed by atoms with E-state index in [0.29, 0.717) is 26.8 Å². The van der Waals surface area contributed by atoms with Crippen LogP contribution in [0.1, 0.15) is 0 Å². The van der Waals surface area contributed by atoms with Gasteiger partial charge in [0.15, 0.2) is 0 Å². The van der Waals surface area contributed by atoms with Crippen LogP contribution in [0.3, 0.4) is 0 Å². The molecular formula is C16H10BrCl2N3O2S. The SMILES string of the molecule is O=C(CSc1nnc(-c2cccc(Br)c2)o1)Nc1ccc(Cl)cc1Cl. The molecule has 0 fully saturated rings. The van der Waals surface area contributed by atoms with Crippen LogP contribution in [-0.2, 0) is 4.79 Å². The summed E-state index contributed by atoms with van der Waals surface area (Å²) in [6.07, 6.45) is 0. The molecule has 1 aromatic heterocycles. The Morgan fingerprint density at radius 2 is 2.04 bits per heavy atom. The standard InChI is InChI=1S/C16H10BrCl2N3O2S/c17-10-3-1-2-9(6-10)15-21-22-16(24-15)25-8-14(23)20-13-5-4-11(18)7-12(13)19/h1-7H,8H2,(H,20,23). The second-order valence-corrected chi connectivity index (χ2v) is 7.53. The van der Waals surface area contributed by atoms with Crippen molar-refractivity contribution in [1.29, 1.82) is 0 Å². The molecule has 0 aliphatic rings. The van der Waals surface area contributed by atoms with E-state index in [2.05, 4.69) is 31.4 Å². The molecule has 9 heteroatoms. The van der Waals surface area contributed by atoms with E-state index in [9.17, 15) is 4.79 Å². The maximum Gasteiger partial charge on any atom is 0.277 e. The summed E-state index contributed by atoms with van der Waals surface area (Å²) in [6.45, 7) is 0. The van der Waals surface area contributed by atoms with Crippen LogP contribution < -0.4 is 5.32 Å². The fourth-order valence-corrected chi connectivity index (χ4v) is 3.33. The summed E-state index contributed by atoms with van der Waals surface area (Å²) in [6, 6.07) is 12.4. The van der Waals surface area contributed by atoms with Gasteiger partial charge in [-0.3, -0.25) is 4.79 Å². The predicted molar refractivity (Wildman–Crippen MR) is 103 cm³/mol. The number of carbonyl (C=O) groups is 1. The van der Waals surface area contributed by atoms with Crippen LogP contribution in [-0.4, -0.2) is 21.9 Å². The smallest absolute Gasteiger partial charge is 0.277 e. The Kier molecular flexibility index (Phi) is 6.01. The normalized spacial score (nSPS) is 10.7. The summed E-state index contributed by atoms with van der Waals surface area (Å²) >= 11 is 16.4. The third-order valence-electron chi connectivity index (χ3n) is 3.01. The molecular weight excluding hydrogens is 449 g/mol. The molecule has 1 amide bonds. The van der Waals surface area contributed by atoms with E-state index in [0.717, 1.165) is 21.8 Å². The molecule has 0 aliphatic heterocycles. The molecule has 25 heavy (non-hydrogen) atoms. The molecule has 0 spiro atoms. The van der Waals surface area contributed by atoms with E-state index in [1.54, 1.807) is 18.2 Å². The van der Waals surface area contributed by atoms with Crippen LogP contribution in [0.15, 0.2) is 56.6 Å². The lowest BCUT2D eigenvalue weighted by molar-refractivity contribution is -0.113. The van der Waals surface area contributed by atoms with Crippen molar-refractivity contribution < 1.29 is 9.21 Å². The maximum absolute atomic E-state index is 12.0. The molecule has 2 aromatic carbocycles. The molecule has 0 bridgehead atoms. The number of halogens is 3. The van der Waals surface area contributed by atoms with Crippen molar-refractivity contribution in [3.05, 3.63) is 57.0 Å². The topological polar surface area (TPSA) is 68.0 Å². The van der Waals surface area contributed by atoms with Crippen molar-refractivity contribution in [2.45, 2.75) is 5.22 Å². The molecule has 0 unspecified atom stereocenters. The lowest BCUT2D eigenvalue weighted by atomic mass is 10.2. The zero-order valence-electron chi connectivity index (χ0n) is 12.5. The number of amides is 1. The van der Waals surface area contributed by atoms with Gasteiger partial charge in [-0.15, -0.1) is 10.2 Å². The lowest BCUT2D eigenvalue weighted by Gasteiger charge is -2.06. The van der Waals surface area contributed by atoms with Gasteiger partial charge in [0, 0.05) is 15.1 Å². The highest BCUT2D eigenvalue weighted by Crippen LogP contribution is 2.27. The first-order chi connectivity index (χ1) is 12.0. The van der Waals surface area contributed by atoms with Crippen molar-refractivity contribution in [3.8, 4) is 11.5 Å². The molecule has 0 saturated carbocycles. The number of hydrogen-bond acceptors (Lipinski definition) is 5. The summed E-state index contributed by atoms with van der Waals surface area (Å²) in [5.41, 5.74) is 1.29. The zero-order valence-corrected chi connectivity index (χ0v) is 16.4. The maximum atomic E-state index is 12.0. The largest absolute Gasteiger partial charge is 0.411 e. The number of rotatable bonds is 5. The van der Waals surface area contributed by atoms with E-state index in [-0.39, 0.29) is 11.7 Å². The highest BCUT2D eigenvalue weighted by atomic mass is 79.9. The van der Waals surface area contributed by atoms with Gasteiger partial charge in [-0.25, -0.2) is 0 Å². The average molecular weight is 459 g/mol. The number of nitrogens with zero attached hydrogens (tertiary/aromatic N) is 2. The summed E-state index contributed by atoms with van der Waals surface area (Å²) < 4.78 is 6.47. The predicted octanol–water partition coefficient (Wildman–Crippen LogP) is 5.54. The molecule has 3 rings (SSSR count). The minimum absolute atomic E-state index is 0.110. The van der Waals surface area contributed by atoms with Gasteiger partial charge in [0.1, 0.15) is 0 Å². The van der Waals surface area contributed by atoms with Crippen molar-refractivity contribution in [2.75, 3.05) is 11.1 Å². The third kappa shape index (κ3) is 4.98. The van der Waals surface area contributed by atoms with E-state index in [1.807, 2.05) is 24.3 Å². The van der Waals surface area contributed by atoms with Crippen molar-refractivity contribution in [3.63, 3.8) is 0 Å². The van der Waals surface area contributed by atoms with Crippen LogP contribution in [0.5, 0.6) is 0 Å².